The van der Waals surface area contributed by atoms with E-state index in [1.54, 1.807) is 10.7 Å². The second kappa shape index (κ2) is 4.74. The van der Waals surface area contributed by atoms with Gasteiger partial charge < -0.3 is 5.32 Å². The predicted molar refractivity (Wildman–Crippen MR) is 66.7 cm³/mol. The van der Waals surface area contributed by atoms with Crippen molar-refractivity contribution in [1.29, 1.82) is 0 Å². The van der Waals surface area contributed by atoms with E-state index in [9.17, 15) is 4.39 Å². The number of tetrazole rings is 1. The first-order valence-corrected chi connectivity index (χ1v) is 6.49. The van der Waals surface area contributed by atoms with E-state index in [1.165, 1.54) is 25.0 Å². The minimum Gasteiger partial charge on any atom is -0.307 e. The summed E-state index contributed by atoms with van der Waals surface area (Å²) in [7, 11) is 0. The molecule has 1 aliphatic carbocycles. The fraction of sp³-hybridized carbons (Fsp3) is 0.364. The van der Waals surface area contributed by atoms with Crippen molar-refractivity contribution in [1.82, 2.24) is 25.5 Å². The predicted octanol–water partition coefficient (Wildman–Crippen LogP) is 1.82. The van der Waals surface area contributed by atoms with Gasteiger partial charge in [-0.05, 0) is 51.3 Å². The van der Waals surface area contributed by atoms with Gasteiger partial charge in [-0.2, -0.15) is 4.68 Å². The van der Waals surface area contributed by atoms with E-state index < -0.39 is 0 Å². The summed E-state index contributed by atoms with van der Waals surface area (Å²) >= 11 is 3.37. The molecule has 1 fully saturated rings. The number of hydrogen-bond donors (Lipinski definition) is 1. The number of hydrogen-bond acceptors (Lipinski definition) is 4. The molecule has 94 valence electrons. The van der Waals surface area contributed by atoms with Crippen LogP contribution in [0.5, 0.6) is 0 Å². The van der Waals surface area contributed by atoms with Crippen molar-refractivity contribution in [3.8, 4) is 5.69 Å². The van der Waals surface area contributed by atoms with Gasteiger partial charge in [-0.1, -0.05) is 0 Å². The summed E-state index contributed by atoms with van der Waals surface area (Å²) < 4.78 is 15.6. The number of benzene rings is 1. The van der Waals surface area contributed by atoms with E-state index in [0.29, 0.717) is 24.1 Å². The Labute approximate surface area is 112 Å². The third-order valence-electron chi connectivity index (χ3n) is 2.80. The van der Waals surface area contributed by atoms with E-state index in [-0.39, 0.29) is 5.82 Å². The lowest BCUT2D eigenvalue weighted by Crippen LogP contribution is -2.19. The van der Waals surface area contributed by atoms with Crippen molar-refractivity contribution in [2.24, 2.45) is 0 Å². The first-order chi connectivity index (χ1) is 8.74. The number of halogens is 2. The lowest BCUT2D eigenvalue weighted by molar-refractivity contribution is 0.617. The standard InChI is InChI=1S/C11H11BrFN5/c12-9-4-1-7(13)5-10(9)18-11(15-16-17-18)6-14-8-2-3-8/h1,4-5,8,14H,2-3,6H2. The molecule has 1 N–H and O–H groups in total. The van der Waals surface area contributed by atoms with Crippen LogP contribution in [0, 0.1) is 5.82 Å². The summed E-state index contributed by atoms with van der Waals surface area (Å²) in [4.78, 5) is 0. The molecule has 0 spiro atoms. The molecule has 1 aromatic heterocycles. The minimum absolute atomic E-state index is 0.315. The molecular formula is C11H11BrFN5. The van der Waals surface area contributed by atoms with Gasteiger partial charge in [0, 0.05) is 16.6 Å². The zero-order valence-electron chi connectivity index (χ0n) is 9.48. The van der Waals surface area contributed by atoms with Crippen LogP contribution in [0.3, 0.4) is 0 Å². The number of nitrogens with zero attached hydrogens (tertiary/aromatic N) is 4. The second-order valence-corrected chi connectivity index (χ2v) is 5.11. The van der Waals surface area contributed by atoms with Crippen LogP contribution in [0.2, 0.25) is 0 Å². The summed E-state index contributed by atoms with van der Waals surface area (Å²) in [6.45, 7) is 0.584. The van der Waals surface area contributed by atoms with Gasteiger partial charge >= 0.3 is 0 Å². The maximum Gasteiger partial charge on any atom is 0.170 e. The Bertz CT molecular complexity index is 566. The van der Waals surface area contributed by atoms with Crippen molar-refractivity contribution in [2.75, 3.05) is 0 Å². The summed E-state index contributed by atoms with van der Waals surface area (Å²) in [5.41, 5.74) is 0.604. The molecule has 0 unspecified atom stereocenters. The van der Waals surface area contributed by atoms with Crippen molar-refractivity contribution < 1.29 is 4.39 Å². The Morgan fingerprint density at radius 2 is 2.28 bits per heavy atom. The zero-order valence-corrected chi connectivity index (χ0v) is 11.1. The van der Waals surface area contributed by atoms with Gasteiger partial charge in [0.2, 0.25) is 0 Å². The fourth-order valence-corrected chi connectivity index (χ4v) is 2.09. The highest BCUT2D eigenvalue weighted by atomic mass is 79.9. The molecular weight excluding hydrogens is 301 g/mol. The molecule has 2 aromatic rings. The van der Waals surface area contributed by atoms with Crippen LogP contribution < -0.4 is 5.32 Å². The molecule has 1 heterocycles. The Balaban J connectivity index is 1.90. The lowest BCUT2D eigenvalue weighted by atomic mass is 10.3. The third-order valence-corrected chi connectivity index (χ3v) is 3.47. The van der Waals surface area contributed by atoms with Crippen molar-refractivity contribution in [3.63, 3.8) is 0 Å². The van der Waals surface area contributed by atoms with Crippen LogP contribution in [0.25, 0.3) is 5.69 Å². The Kier molecular flexibility index (Phi) is 3.09. The SMILES string of the molecule is Fc1ccc(Br)c(-n2nnnc2CNC2CC2)c1. The molecule has 5 nitrogen and oxygen atoms in total. The third kappa shape index (κ3) is 2.41. The average molecular weight is 312 g/mol. The Hall–Kier alpha value is -1.34. The molecule has 1 saturated carbocycles. The van der Waals surface area contributed by atoms with Gasteiger partial charge in [-0.3, -0.25) is 0 Å². The first-order valence-electron chi connectivity index (χ1n) is 5.70. The normalized spacial score (nSPS) is 15.0. The molecule has 0 saturated heterocycles. The quantitative estimate of drug-likeness (QED) is 0.935. The van der Waals surface area contributed by atoms with Crippen LogP contribution in [0.4, 0.5) is 4.39 Å². The van der Waals surface area contributed by atoms with Crippen LogP contribution in [-0.4, -0.2) is 26.2 Å². The average Bonchev–Trinajstić information content (AvgIpc) is 3.08. The first kappa shape index (κ1) is 11.7. The van der Waals surface area contributed by atoms with E-state index in [1.807, 2.05) is 0 Å². The van der Waals surface area contributed by atoms with Crippen LogP contribution in [0.15, 0.2) is 22.7 Å². The molecule has 0 bridgehead atoms. The number of rotatable bonds is 4. The van der Waals surface area contributed by atoms with Gasteiger partial charge in [-0.15, -0.1) is 5.10 Å². The largest absolute Gasteiger partial charge is 0.307 e. The zero-order chi connectivity index (χ0) is 12.5. The smallest absolute Gasteiger partial charge is 0.170 e. The second-order valence-electron chi connectivity index (χ2n) is 4.26. The molecule has 0 amide bonds. The van der Waals surface area contributed by atoms with Crippen molar-refractivity contribution in [2.45, 2.75) is 25.4 Å². The number of aromatic nitrogens is 4. The molecule has 3 rings (SSSR count). The monoisotopic (exact) mass is 311 g/mol. The summed E-state index contributed by atoms with van der Waals surface area (Å²) in [6.07, 6.45) is 2.40. The molecule has 1 aromatic carbocycles. The van der Waals surface area contributed by atoms with Crippen molar-refractivity contribution >= 4 is 15.9 Å². The highest BCUT2D eigenvalue weighted by molar-refractivity contribution is 9.10. The van der Waals surface area contributed by atoms with Crippen LogP contribution in [-0.2, 0) is 6.54 Å². The highest BCUT2D eigenvalue weighted by Gasteiger charge is 2.21. The summed E-state index contributed by atoms with van der Waals surface area (Å²) in [5.74, 6) is 0.359. The Morgan fingerprint density at radius 1 is 1.44 bits per heavy atom. The topological polar surface area (TPSA) is 55.6 Å². The summed E-state index contributed by atoms with van der Waals surface area (Å²) in [6, 6.07) is 5.01. The number of nitrogens with one attached hydrogen (secondary N) is 1. The maximum atomic E-state index is 13.3. The molecule has 0 radical (unpaired) electrons. The molecule has 0 atom stereocenters. The van der Waals surface area contributed by atoms with E-state index in [4.69, 9.17) is 0 Å². The molecule has 18 heavy (non-hydrogen) atoms. The Morgan fingerprint density at radius 3 is 3.06 bits per heavy atom. The maximum absolute atomic E-state index is 13.3. The van der Waals surface area contributed by atoms with E-state index in [2.05, 4.69) is 36.8 Å². The molecule has 0 aliphatic heterocycles. The molecule has 1 aliphatic rings. The van der Waals surface area contributed by atoms with Gasteiger partial charge in [0.05, 0.1) is 12.2 Å². The fourth-order valence-electron chi connectivity index (χ4n) is 1.67. The minimum atomic E-state index is -0.315. The van der Waals surface area contributed by atoms with E-state index in [0.717, 1.165) is 4.47 Å². The van der Waals surface area contributed by atoms with Gasteiger partial charge in [0.25, 0.3) is 0 Å². The van der Waals surface area contributed by atoms with Gasteiger partial charge in [0.15, 0.2) is 5.82 Å². The molecule has 7 heteroatoms. The van der Waals surface area contributed by atoms with Crippen LogP contribution >= 0.6 is 15.9 Å². The van der Waals surface area contributed by atoms with E-state index >= 15 is 0 Å². The van der Waals surface area contributed by atoms with Gasteiger partial charge in [0.1, 0.15) is 5.82 Å². The highest BCUT2D eigenvalue weighted by Crippen LogP contribution is 2.23. The van der Waals surface area contributed by atoms with Crippen LogP contribution in [0.1, 0.15) is 18.7 Å². The van der Waals surface area contributed by atoms with Crippen molar-refractivity contribution in [3.05, 3.63) is 34.3 Å². The lowest BCUT2D eigenvalue weighted by Gasteiger charge is -2.07. The van der Waals surface area contributed by atoms with Gasteiger partial charge in [-0.25, -0.2) is 4.39 Å². The summed E-state index contributed by atoms with van der Waals surface area (Å²) in [5, 5.41) is 14.8.